The van der Waals surface area contributed by atoms with Gasteiger partial charge in [0.15, 0.2) is 16.6 Å². The van der Waals surface area contributed by atoms with Crippen LogP contribution in [0.25, 0.3) is 10.9 Å². The number of hydrogen-bond acceptors (Lipinski definition) is 9. The van der Waals surface area contributed by atoms with E-state index in [2.05, 4.69) is 44.0 Å². The Morgan fingerprint density at radius 2 is 1.94 bits per heavy atom. The first kappa shape index (κ1) is 21.7. The molecule has 0 saturated carbocycles. The summed E-state index contributed by atoms with van der Waals surface area (Å²) in [6.45, 7) is 8.33. The van der Waals surface area contributed by atoms with E-state index in [-0.39, 0.29) is 0 Å². The lowest BCUT2D eigenvalue weighted by molar-refractivity contribution is 0.145. The van der Waals surface area contributed by atoms with Crippen LogP contribution in [-0.4, -0.2) is 78.2 Å². The summed E-state index contributed by atoms with van der Waals surface area (Å²) < 4.78 is 11.7. The highest BCUT2D eigenvalue weighted by Gasteiger charge is 2.15. The number of piperazine rings is 1. The number of rotatable bonds is 9. The molecule has 0 unspecified atom stereocenters. The monoisotopic (exact) mass is 442 g/mol. The van der Waals surface area contributed by atoms with Crippen molar-refractivity contribution in [2.75, 3.05) is 58.8 Å². The number of hydrogen-bond donors (Lipinski definition) is 1. The third-order valence-corrected chi connectivity index (χ3v) is 6.58. The van der Waals surface area contributed by atoms with Crippen LogP contribution in [0.4, 0.5) is 10.9 Å². The maximum Gasteiger partial charge on any atom is 0.188 e. The van der Waals surface area contributed by atoms with Gasteiger partial charge in [-0.1, -0.05) is 6.92 Å². The molecule has 166 valence electrons. The summed E-state index contributed by atoms with van der Waals surface area (Å²) >= 11 is 1.63. The Hall–Kier alpha value is -2.49. The highest BCUT2D eigenvalue weighted by Crippen LogP contribution is 2.35. The number of nitrogens with zero attached hydrogens (tertiary/aromatic N) is 5. The van der Waals surface area contributed by atoms with E-state index in [1.165, 1.54) is 4.88 Å². The van der Waals surface area contributed by atoms with Crippen LogP contribution >= 0.6 is 11.3 Å². The van der Waals surface area contributed by atoms with E-state index in [4.69, 9.17) is 9.47 Å². The zero-order chi connectivity index (χ0) is 21.6. The van der Waals surface area contributed by atoms with E-state index < -0.39 is 0 Å². The van der Waals surface area contributed by atoms with E-state index in [0.717, 1.165) is 61.6 Å². The van der Waals surface area contributed by atoms with Gasteiger partial charge in [0.2, 0.25) is 0 Å². The van der Waals surface area contributed by atoms with Crippen molar-refractivity contribution in [1.29, 1.82) is 0 Å². The molecule has 0 spiro atoms. The van der Waals surface area contributed by atoms with Crippen LogP contribution in [0.3, 0.4) is 0 Å². The van der Waals surface area contributed by atoms with Crippen molar-refractivity contribution in [3.63, 3.8) is 0 Å². The summed E-state index contributed by atoms with van der Waals surface area (Å²) in [7, 11) is 3.83. The predicted octanol–water partition coefficient (Wildman–Crippen LogP) is 3.42. The third kappa shape index (κ3) is 5.41. The number of ether oxygens (including phenoxy) is 2. The second kappa shape index (κ2) is 10.2. The Kier molecular flexibility index (Phi) is 7.16. The summed E-state index contributed by atoms with van der Waals surface area (Å²) in [6, 6.07) is 3.86. The minimum Gasteiger partial charge on any atom is -0.493 e. The molecule has 0 aliphatic carbocycles. The largest absolute Gasteiger partial charge is 0.493 e. The molecule has 3 aromatic rings. The molecule has 1 aromatic carbocycles. The van der Waals surface area contributed by atoms with Crippen molar-refractivity contribution in [1.82, 2.24) is 24.8 Å². The molecular formula is C22H30N6O2S. The summed E-state index contributed by atoms with van der Waals surface area (Å²) in [6.07, 6.45) is 5.40. The molecule has 31 heavy (non-hydrogen) atoms. The minimum absolute atomic E-state index is 0.642. The van der Waals surface area contributed by atoms with Crippen molar-refractivity contribution >= 4 is 33.2 Å². The summed E-state index contributed by atoms with van der Waals surface area (Å²) in [4.78, 5) is 19.4. The number of aromatic nitrogens is 3. The molecule has 0 atom stereocenters. The molecule has 1 N–H and O–H groups in total. The summed E-state index contributed by atoms with van der Waals surface area (Å²) in [5.41, 5.74) is 0.805. The number of aryl methyl sites for hydroxylation is 1. The van der Waals surface area contributed by atoms with Gasteiger partial charge in [0, 0.05) is 55.3 Å². The van der Waals surface area contributed by atoms with E-state index in [1.54, 1.807) is 24.8 Å². The van der Waals surface area contributed by atoms with Gasteiger partial charge in [-0.25, -0.2) is 15.0 Å². The van der Waals surface area contributed by atoms with Crippen LogP contribution in [0.2, 0.25) is 0 Å². The quantitative estimate of drug-likeness (QED) is 0.505. The molecule has 0 amide bonds. The third-order valence-electron chi connectivity index (χ3n) is 5.52. The number of methoxy groups -OCH3 is 1. The van der Waals surface area contributed by atoms with Gasteiger partial charge in [0.25, 0.3) is 0 Å². The second-order valence-electron chi connectivity index (χ2n) is 7.70. The smallest absolute Gasteiger partial charge is 0.188 e. The molecule has 9 heteroatoms. The van der Waals surface area contributed by atoms with Crippen molar-refractivity contribution in [2.24, 2.45) is 0 Å². The van der Waals surface area contributed by atoms with Gasteiger partial charge in [-0.2, -0.15) is 0 Å². The molecule has 1 fully saturated rings. The predicted molar refractivity (Wildman–Crippen MR) is 125 cm³/mol. The van der Waals surface area contributed by atoms with Crippen molar-refractivity contribution in [3.05, 3.63) is 29.5 Å². The van der Waals surface area contributed by atoms with Crippen LogP contribution in [0, 0.1) is 0 Å². The van der Waals surface area contributed by atoms with Gasteiger partial charge in [-0.3, -0.25) is 0 Å². The van der Waals surface area contributed by atoms with Gasteiger partial charge in [0.05, 0.1) is 19.2 Å². The van der Waals surface area contributed by atoms with Gasteiger partial charge in [-0.05, 0) is 26.0 Å². The average molecular weight is 443 g/mol. The van der Waals surface area contributed by atoms with Crippen LogP contribution in [0.1, 0.15) is 18.2 Å². The van der Waals surface area contributed by atoms with E-state index >= 15 is 0 Å². The Labute approximate surface area is 187 Å². The van der Waals surface area contributed by atoms with Crippen molar-refractivity contribution < 1.29 is 9.47 Å². The number of anilines is 2. The Bertz CT molecular complexity index is 1000. The van der Waals surface area contributed by atoms with Crippen molar-refractivity contribution in [2.45, 2.75) is 19.8 Å². The fourth-order valence-corrected chi connectivity index (χ4v) is 4.36. The molecule has 1 aliphatic heterocycles. The molecule has 0 radical (unpaired) electrons. The zero-order valence-corrected chi connectivity index (χ0v) is 19.2. The molecule has 4 rings (SSSR count). The molecule has 3 heterocycles. The Balaban J connectivity index is 1.43. The fourth-order valence-electron chi connectivity index (χ4n) is 3.61. The van der Waals surface area contributed by atoms with Gasteiger partial charge in [0.1, 0.15) is 12.1 Å². The Morgan fingerprint density at radius 1 is 1.10 bits per heavy atom. The van der Waals surface area contributed by atoms with Crippen LogP contribution in [0.15, 0.2) is 24.7 Å². The molecule has 2 aromatic heterocycles. The first-order chi connectivity index (χ1) is 15.2. The molecule has 8 nitrogen and oxygen atoms in total. The fraction of sp³-hybridized carbons (Fsp3) is 0.500. The highest BCUT2D eigenvalue weighted by atomic mass is 32.1. The summed E-state index contributed by atoms with van der Waals surface area (Å²) in [5, 5.41) is 5.01. The van der Waals surface area contributed by atoms with E-state index in [0.29, 0.717) is 23.9 Å². The molecule has 1 saturated heterocycles. The lowest BCUT2D eigenvalue weighted by Crippen LogP contribution is -2.44. The van der Waals surface area contributed by atoms with Gasteiger partial charge < -0.3 is 24.6 Å². The maximum absolute atomic E-state index is 6.07. The minimum atomic E-state index is 0.642. The number of fused-ring (bicyclic) bond motifs is 1. The molecule has 1 aliphatic rings. The van der Waals surface area contributed by atoms with Gasteiger partial charge in [-0.15, -0.1) is 11.3 Å². The number of thiazole rings is 1. The van der Waals surface area contributed by atoms with Crippen molar-refractivity contribution in [3.8, 4) is 11.5 Å². The van der Waals surface area contributed by atoms with Gasteiger partial charge >= 0.3 is 0 Å². The molecule has 0 bridgehead atoms. The maximum atomic E-state index is 6.07. The number of nitrogens with one attached hydrogen (secondary N) is 1. The molecular weight excluding hydrogens is 412 g/mol. The van der Waals surface area contributed by atoms with E-state index in [1.807, 2.05) is 18.3 Å². The topological polar surface area (TPSA) is 75.6 Å². The summed E-state index contributed by atoms with van der Waals surface area (Å²) in [5.74, 6) is 2.10. The SMILES string of the molecule is CCc1cnc(Nc2ncnc3cc(OCCCN4CCN(C)CC4)c(OC)cc23)s1. The first-order valence-corrected chi connectivity index (χ1v) is 11.6. The van der Waals surface area contributed by atoms with Crippen LogP contribution in [0.5, 0.6) is 11.5 Å². The average Bonchev–Trinajstić information content (AvgIpc) is 3.25. The Morgan fingerprint density at radius 3 is 2.68 bits per heavy atom. The van der Waals surface area contributed by atoms with Crippen LogP contribution < -0.4 is 14.8 Å². The normalized spacial score (nSPS) is 15.3. The first-order valence-electron chi connectivity index (χ1n) is 10.7. The standard InChI is InChI=1S/C22H30N6O2S/c1-4-16-14-23-22(31-16)26-21-17-12-19(29-3)20(13-18(17)24-15-25-21)30-11-5-6-28-9-7-27(2)8-10-28/h12-15H,4-11H2,1-3H3,(H,23,24,25,26). The lowest BCUT2D eigenvalue weighted by Gasteiger charge is -2.32. The number of likely N-dealkylation sites (N-methyl/N-ethyl adjacent to an activating group) is 1. The zero-order valence-electron chi connectivity index (χ0n) is 18.4. The second-order valence-corrected chi connectivity index (χ2v) is 8.81. The van der Waals surface area contributed by atoms with E-state index in [9.17, 15) is 0 Å². The van der Waals surface area contributed by atoms with Crippen LogP contribution in [-0.2, 0) is 6.42 Å². The number of benzene rings is 1. The lowest BCUT2D eigenvalue weighted by atomic mass is 10.2. The highest BCUT2D eigenvalue weighted by molar-refractivity contribution is 7.15.